The Balaban J connectivity index is 0.000000574. The fraction of sp³-hybridized carbons (Fsp3) is 0.438. The molecule has 0 N–H and O–H groups in total. The summed E-state index contributed by atoms with van der Waals surface area (Å²) in [6.45, 7) is 6.00. The van der Waals surface area contributed by atoms with Gasteiger partial charge >= 0.3 is 0 Å². The van der Waals surface area contributed by atoms with Crippen molar-refractivity contribution in [2.75, 3.05) is 6.26 Å². The minimum absolute atomic E-state index is 0.375. The number of hydrogen-bond acceptors (Lipinski definition) is 2. The minimum atomic E-state index is 0.375. The Hall–Kier alpha value is -1.02. The van der Waals surface area contributed by atoms with Gasteiger partial charge in [-0.2, -0.15) is 0 Å². The van der Waals surface area contributed by atoms with Gasteiger partial charge in [0.15, 0.2) is 0 Å². The van der Waals surface area contributed by atoms with E-state index in [1.54, 1.807) is 11.8 Å². The zero-order valence-electron chi connectivity index (χ0n) is 10.9. The van der Waals surface area contributed by atoms with Crippen LogP contribution in [0.4, 0.5) is 0 Å². The fourth-order valence-electron chi connectivity index (χ4n) is 3.12. The SMILES string of the molecule is C=C.CSc1cccc(C23CCC(=O)CC2C3)c1. The van der Waals surface area contributed by atoms with E-state index in [1.165, 1.54) is 16.9 Å². The Morgan fingerprint density at radius 2 is 2.17 bits per heavy atom. The number of rotatable bonds is 2. The Morgan fingerprint density at radius 1 is 1.39 bits per heavy atom. The molecule has 2 aliphatic rings. The Labute approximate surface area is 114 Å². The van der Waals surface area contributed by atoms with E-state index in [9.17, 15) is 4.79 Å². The maximum Gasteiger partial charge on any atom is 0.133 e. The van der Waals surface area contributed by atoms with Crippen molar-refractivity contribution in [2.45, 2.75) is 36.0 Å². The van der Waals surface area contributed by atoms with Gasteiger partial charge in [0, 0.05) is 17.7 Å². The smallest absolute Gasteiger partial charge is 0.133 e. The number of carbonyl (C=O) groups excluding carboxylic acids is 1. The summed E-state index contributed by atoms with van der Waals surface area (Å²) in [7, 11) is 0. The molecule has 0 heterocycles. The zero-order valence-corrected chi connectivity index (χ0v) is 11.8. The highest BCUT2D eigenvalue weighted by Gasteiger charge is 2.57. The van der Waals surface area contributed by atoms with Crippen LogP contribution in [0.5, 0.6) is 0 Å². The molecule has 3 rings (SSSR count). The number of carbonyl (C=O) groups is 1. The molecule has 0 saturated heterocycles. The van der Waals surface area contributed by atoms with Gasteiger partial charge in [0.2, 0.25) is 0 Å². The Kier molecular flexibility index (Phi) is 3.96. The third kappa shape index (κ3) is 2.26. The monoisotopic (exact) mass is 260 g/mol. The molecule has 2 unspecified atom stereocenters. The summed E-state index contributed by atoms with van der Waals surface area (Å²) >= 11 is 1.80. The second-order valence-electron chi connectivity index (χ2n) is 5.03. The summed E-state index contributed by atoms with van der Waals surface area (Å²) in [6.07, 6.45) is 6.04. The van der Waals surface area contributed by atoms with Gasteiger partial charge in [-0.3, -0.25) is 4.79 Å². The summed E-state index contributed by atoms with van der Waals surface area (Å²) in [5.74, 6) is 1.12. The predicted molar refractivity (Wildman–Crippen MR) is 78.1 cm³/mol. The molecule has 1 aromatic carbocycles. The Morgan fingerprint density at radius 3 is 2.83 bits per heavy atom. The number of Topliss-reactive ketones (excluding diaryl/α,β-unsaturated/α-hetero) is 1. The maximum absolute atomic E-state index is 11.4. The normalized spacial score (nSPS) is 28.9. The predicted octanol–water partition coefficient (Wildman–Crippen LogP) is 4.22. The van der Waals surface area contributed by atoms with Crippen LogP contribution in [0.3, 0.4) is 0 Å². The molecule has 0 radical (unpaired) electrons. The van der Waals surface area contributed by atoms with Crippen LogP contribution in [-0.2, 0) is 10.2 Å². The lowest BCUT2D eigenvalue weighted by molar-refractivity contribution is -0.120. The summed E-state index contributed by atoms with van der Waals surface area (Å²) in [4.78, 5) is 12.7. The second kappa shape index (κ2) is 5.31. The van der Waals surface area contributed by atoms with Crippen LogP contribution in [0.25, 0.3) is 0 Å². The molecule has 2 fully saturated rings. The highest BCUT2D eigenvalue weighted by Crippen LogP contribution is 2.61. The molecule has 1 nitrogen and oxygen atoms in total. The van der Waals surface area contributed by atoms with E-state index in [-0.39, 0.29) is 0 Å². The molecule has 0 aromatic heterocycles. The molecule has 18 heavy (non-hydrogen) atoms. The number of hydrogen-bond donors (Lipinski definition) is 0. The maximum atomic E-state index is 11.4. The van der Waals surface area contributed by atoms with Gasteiger partial charge in [0.25, 0.3) is 0 Å². The van der Waals surface area contributed by atoms with Crippen molar-refractivity contribution in [1.82, 2.24) is 0 Å². The average molecular weight is 260 g/mol. The highest BCUT2D eigenvalue weighted by molar-refractivity contribution is 7.98. The first-order valence-electron chi connectivity index (χ1n) is 6.41. The van der Waals surface area contributed by atoms with E-state index >= 15 is 0 Å². The molecule has 1 aromatic rings. The third-order valence-electron chi connectivity index (χ3n) is 4.20. The zero-order chi connectivity index (χ0) is 13.2. The van der Waals surface area contributed by atoms with Gasteiger partial charge in [-0.15, -0.1) is 24.9 Å². The van der Waals surface area contributed by atoms with Crippen LogP contribution in [0.2, 0.25) is 0 Å². The molecule has 96 valence electrons. The van der Waals surface area contributed by atoms with Crippen molar-refractivity contribution < 1.29 is 4.79 Å². The summed E-state index contributed by atoms with van der Waals surface area (Å²) < 4.78 is 0. The van der Waals surface area contributed by atoms with Gasteiger partial charge in [-0.1, -0.05) is 12.1 Å². The minimum Gasteiger partial charge on any atom is -0.300 e. The van der Waals surface area contributed by atoms with Gasteiger partial charge < -0.3 is 0 Å². The highest BCUT2D eigenvalue weighted by atomic mass is 32.2. The quantitative estimate of drug-likeness (QED) is 0.585. The number of thioether (sulfide) groups is 1. The summed E-state index contributed by atoms with van der Waals surface area (Å²) in [5.41, 5.74) is 1.84. The van der Waals surface area contributed by atoms with Crippen LogP contribution >= 0.6 is 11.8 Å². The molecule has 2 saturated carbocycles. The van der Waals surface area contributed by atoms with E-state index in [0.717, 1.165) is 19.3 Å². The molecule has 2 aliphatic carbocycles. The van der Waals surface area contributed by atoms with Crippen LogP contribution in [0, 0.1) is 5.92 Å². The van der Waals surface area contributed by atoms with Crippen LogP contribution in [-0.4, -0.2) is 12.0 Å². The molecule has 2 heteroatoms. The molecule has 0 bridgehead atoms. The van der Waals surface area contributed by atoms with Crippen molar-refractivity contribution >= 4 is 17.5 Å². The van der Waals surface area contributed by atoms with Crippen molar-refractivity contribution in [3.8, 4) is 0 Å². The van der Waals surface area contributed by atoms with E-state index in [1.807, 2.05) is 0 Å². The molecular weight excluding hydrogens is 240 g/mol. The first-order valence-corrected chi connectivity index (χ1v) is 7.63. The Bertz CT molecular complexity index is 454. The lowest BCUT2D eigenvalue weighted by Gasteiger charge is -2.22. The van der Waals surface area contributed by atoms with Crippen molar-refractivity contribution in [1.29, 1.82) is 0 Å². The van der Waals surface area contributed by atoms with E-state index in [4.69, 9.17) is 0 Å². The first-order chi connectivity index (χ1) is 8.74. The number of benzene rings is 1. The van der Waals surface area contributed by atoms with Crippen molar-refractivity contribution in [3.63, 3.8) is 0 Å². The molecule has 0 amide bonds. The average Bonchev–Trinajstić information content (AvgIpc) is 3.16. The van der Waals surface area contributed by atoms with E-state index < -0.39 is 0 Å². The number of ketones is 1. The fourth-order valence-corrected chi connectivity index (χ4v) is 3.58. The molecule has 2 atom stereocenters. The van der Waals surface area contributed by atoms with Gasteiger partial charge in [0.1, 0.15) is 5.78 Å². The van der Waals surface area contributed by atoms with Crippen molar-refractivity contribution in [3.05, 3.63) is 43.0 Å². The van der Waals surface area contributed by atoms with Crippen molar-refractivity contribution in [2.24, 2.45) is 5.92 Å². The lowest BCUT2D eigenvalue weighted by atomic mass is 9.82. The standard InChI is InChI=1S/C14H16OS.C2H4/c1-16-13-4-2-3-10(8-13)14-6-5-12(15)7-11(14)9-14;1-2/h2-4,8,11H,5-7,9H2,1H3;1-2H2. The summed E-state index contributed by atoms with van der Waals surface area (Å²) in [5, 5.41) is 0. The molecule has 0 aliphatic heterocycles. The third-order valence-corrected chi connectivity index (χ3v) is 4.93. The molecule has 0 spiro atoms. The first kappa shape index (κ1) is 13.4. The van der Waals surface area contributed by atoms with Gasteiger partial charge in [-0.05, 0) is 48.1 Å². The summed E-state index contributed by atoms with van der Waals surface area (Å²) in [6, 6.07) is 8.88. The van der Waals surface area contributed by atoms with Gasteiger partial charge in [-0.25, -0.2) is 0 Å². The van der Waals surface area contributed by atoms with E-state index in [2.05, 4.69) is 43.7 Å². The van der Waals surface area contributed by atoms with E-state index in [0.29, 0.717) is 17.1 Å². The van der Waals surface area contributed by atoms with Crippen LogP contribution in [0.1, 0.15) is 31.2 Å². The number of fused-ring (bicyclic) bond motifs is 1. The largest absolute Gasteiger partial charge is 0.300 e. The van der Waals surface area contributed by atoms with Crippen LogP contribution < -0.4 is 0 Å². The topological polar surface area (TPSA) is 17.1 Å². The second-order valence-corrected chi connectivity index (χ2v) is 5.91. The lowest BCUT2D eigenvalue weighted by Crippen LogP contribution is -2.19. The van der Waals surface area contributed by atoms with Gasteiger partial charge in [0.05, 0.1) is 0 Å². The van der Waals surface area contributed by atoms with Crippen LogP contribution in [0.15, 0.2) is 42.3 Å². The molecular formula is C16H20OS.